The van der Waals surface area contributed by atoms with Crippen LogP contribution in [-0.4, -0.2) is 182 Å². The Labute approximate surface area is 532 Å². The van der Waals surface area contributed by atoms with Gasteiger partial charge in [-0.3, -0.25) is 9.13 Å². The van der Waals surface area contributed by atoms with Crippen molar-refractivity contribution < 1.29 is 67.6 Å². The minimum Gasteiger partial charge on any atom is -0.443 e. The predicted molar refractivity (Wildman–Crippen MR) is 345 cm³/mol. The molecule has 27 nitrogen and oxygen atoms in total. The zero-order chi connectivity index (χ0) is 68.5. The number of nitrogens with two attached hydrogens (primary N) is 1. The highest BCUT2D eigenvalue weighted by Crippen LogP contribution is 2.51. The second-order valence-electron chi connectivity index (χ2n) is 24.5. The first-order chi connectivity index (χ1) is 41.5. The highest BCUT2D eigenvalue weighted by molar-refractivity contribution is 7.47. The van der Waals surface area contributed by atoms with E-state index >= 15 is 0 Å². The van der Waals surface area contributed by atoms with Crippen LogP contribution in [0.3, 0.4) is 0 Å². The van der Waals surface area contributed by atoms with Gasteiger partial charge in [-0.2, -0.15) is 25.4 Å². The number of ether oxygens (including phenoxy) is 4. The molecule has 1 unspecified atom stereocenters. The van der Waals surface area contributed by atoms with E-state index in [0.29, 0.717) is 73.8 Å². The fourth-order valence-electron chi connectivity index (χ4n) is 8.54. The summed E-state index contributed by atoms with van der Waals surface area (Å²) in [6.45, 7) is 41.6. The number of unbranched alkanes of at least 4 members (excludes halogenated alkanes) is 2. The number of aliphatic hydroxyl groups is 5. The molecule has 0 aromatic carbocycles. The summed E-state index contributed by atoms with van der Waals surface area (Å²) in [7, 11) is -1.89. The third-order valence-corrected chi connectivity index (χ3v) is 17.4. The van der Waals surface area contributed by atoms with Crippen molar-refractivity contribution in [3.05, 3.63) is 45.5 Å². The lowest BCUT2D eigenvalue weighted by atomic mass is 10.2. The molecule has 4 rings (SSSR count). The van der Waals surface area contributed by atoms with E-state index in [1.54, 1.807) is 41.5 Å². The van der Waals surface area contributed by atoms with Crippen molar-refractivity contribution in [1.82, 2.24) is 33.1 Å². The summed E-state index contributed by atoms with van der Waals surface area (Å²) in [5, 5.41) is 62.9. The number of rotatable bonds is 26. The van der Waals surface area contributed by atoms with E-state index in [9.17, 15) is 34.5 Å². The van der Waals surface area contributed by atoms with Crippen molar-refractivity contribution in [2.45, 2.75) is 274 Å². The topological polar surface area (TPSA) is 356 Å². The van der Waals surface area contributed by atoms with Crippen molar-refractivity contribution in [3.8, 4) is 12.1 Å². The number of anilines is 2. The second kappa shape index (κ2) is 43.4. The molecule has 2 aromatic heterocycles. The maximum atomic E-state index is 12.6. The Balaban J connectivity index is 0.00000116. The van der Waals surface area contributed by atoms with E-state index in [4.69, 9.17) is 59.0 Å². The first-order valence-corrected chi connectivity index (χ1v) is 33.1. The molecule has 2 saturated heterocycles. The molecule has 2 aliphatic rings. The van der Waals surface area contributed by atoms with Gasteiger partial charge in [0.2, 0.25) is 0 Å². The molecule has 0 saturated carbocycles. The van der Waals surface area contributed by atoms with Crippen LogP contribution in [0.15, 0.2) is 34.1 Å². The molecule has 0 radical (unpaired) electrons. The summed E-state index contributed by atoms with van der Waals surface area (Å²) >= 11 is 0. The number of carbonyl (C=O) groups is 2. The van der Waals surface area contributed by atoms with Crippen molar-refractivity contribution in [3.63, 3.8) is 0 Å². The second-order valence-corrected chi connectivity index (χ2v) is 27.6. The average molecular weight is 1300 g/mol. The highest BCUT2D eigenvalue weighted by atomic mass is 31.2. The molecule has 2 fully saturated rings. The van der Waals surface area contributed by atoms with Crippen LogP contribution >= 0.6 is 17.0 Å². The van der Waals surface area contributed by atoms with Crippen LogP contribution in [0, 0.1) is 22.7 Å². The van der Waals surface area contributed by atoms with Gasteiger partial charge in [0, 0.05) is 68.1 Å². The van der Waals surface area contributed by atoms with Crippen LogP contribution in [-0.2, 0) is 32.5 Å². The van der Waals surface area contributed by atoms with Crippen molar-refractivity contribution in [2.75, 3.05) is 50.3 Å². The molecule has 0 bridgehead atoms. The zero-order valence-electron chi connectivity index (χ0n) is 56.8. The molecule has 0 aliphatic carbocycles. The van der Waals surface area contributed by atoms with Crippen LogP contribution in [0.2, 0.25) is 0 Å². The number of hydrogen-bond donors (Lipinski definition) is 6. The van der Waals surface area contributed by atoms with Crippen molar-refractivity contribution in [1.29, 1.82) is 10.5 Å². The Morgan fingerprint density at radius 2 is 1.02 bits per heavy atom. The lowest BCUT2D eigenvalue weighted by Crippen LogP contribution is -2.45. The van der Waals surface area contributed by atoms with E-state index in [0.717, 1.165) is 36.9 Å². The molecular formula is C60H111N11O16P2. The number of carbonyl (C=O) groups excluding carboxylic acids is 2. The Morgan fingerprint density at radius 1 is 0.640 bits per heavy atom. The van der Waals surface area contributed by atoms with Gasteiger partial charge in [0.15, 0.2) is 14.3 Å². The number of hydrogen-bond acceptors (Lipinski definition) is 24. The number of aromatic nitrogens is 4. The van der Waals surface area contributed by atoms with E-state index in [2.05, 4.69) is 133 Å². The van der Waals surface area contributed by atoms with Gasteiger partial charge < -0.3 is 63.8 Å². The molecule has 29 heteroatoms. The molecule has 512 valence electrons. The average Bonchev–Trinajstić information content (AvgIpc) is 2.44. The maximum Gasteiger partial charge on any atom is 0.425 e. The van der Waals surface area contributed by atoms with E-state index in [-0.39, 0.29) is 31.1 Å². The largest absolute Gasteiger partial charge is 0.443 e. The fourth-order valence-corrected chi connectivity index (χ4v) is 12.5. The SMILES string of the molecule is CC(C)(C)OC(=O)N(C(=O)OC(C)(C)C)c1ccn([C@H]2C[C@H](O)[C@@H](CO)O2)c(=O)n1.CC(C)N(C(C)C)P(OCCC#N)N(C(C)C)C(C)C.CCCCO.CCCCOP(OCCC#N)N(C(C)C)C(C)C.Nc1ccn([C@H]2C[C@H](O)[C@@H](CO)O2)c(=O)n1. The number of nitrogens with zero attached hydrogens (tertiary/aromatic N) is 10. The van der Waals surface area contributed by atoms with Crippen LogP contribution in [0.5, 0.6) is 0 Å². The Morgan fingerprint density at radius 3 is 1.34 bits per heavy atom. The van der Waals surface area contributed by atoms with Crippen molar-refractivity contribution >= 4 is 40.8 Å². The summed E-state index contributed by atoms with van der Waals surface area (Å²) in [6, 6.07) is 9.43. The summed E-state index contributed by atoms with van der Waals surface area (Å²) in [4.78, 5) is 57.2. The van der Waals surface area contributed by atoms with Gasteiger partial charge in [-0.1, -0.05) is 26.7 Å². The lowest BCUT2D eigenvalue weighted by molar-refractivity contribution is -0.0458. The molecule has 4 heterocycles. The summed E-state index contributed by atoms with van der Waals surface area (Å²) in [5.41, 5.74) is 2.19. The van der Waals surface area contributed by atoms with Gasteiger partial charge in [0.25, 0.3) is 8.53 Å². The smallest absolute Gasteiger partial charge is 0.425 e. The van der Waals surface area contributed by atoms with Gasteiger partial charge >= 0.3 is 23.6 Å². The Hall–Kier alpha value is -4.38. The molecular weight excluding hydrogens is 1190 g/mol. The lowest BCUT2D eigenvalue weighted by Gasteiger charge is -2.45. The standard InChI is InChI=1S/C19H29N3O8.C15H32N3OP.C13H27N2O2P.C9H13N3O4.C4H10O/c1-18(2,3)29-16(26)22(17(27)30-19(4,5)6)13-7-8-21(15(25)20-13)14-9-11(24)12(10-23)28-14;1-12(2)17(13(3)4)20(19-11-9-10-16)18(14(5)6)15(7)8;1-6-7-10-16-18(17-11-8-9-14)15(12(2)3)13(4)5;10-7-1-2-12(9(15)11-7)8-3-5(14)6(4-13)16-8;1-2-3-4-5/h7-8,11-12,14,23-24H,9-10H2,1-6H3;12-15H,9,11H2,1-8H3;12-13H,6-8,10-11H2,1-5H3;1-2,5-6,8,13-14H,3-4H2,(H2,10,11,15);5H,2-4H2,1H3/t11-,12+,14+;;;5-,6+,8+;/m0..0./s1. The fraction of sp³-hybridized carbons (Fsp3) is 0.800. The van der Waals surface area contributed by atoms with Crippen molar-refractivity contribution in [2.24, 2.45) is 0 Å². The predicted octanol–water partition coefficient (Wildman–Crippen LogP) is 9.27. The third kappa shape index (κ3) is 31.7. The molecule has 2 amide bonds. The third-order valence-electron chi connectivity index (χ3n) is 12.2. The monoisotopic (exact) mass is 1300 g/mol. The molecule has 2 aromatic rings. The van der Waals surface area contributed by atoms with Crippen LogP contribution in [0.4, 0.5) is 21.2 Å². The first-order valence-electron chi connectivity index (χ1n) is 30.8. The van der Waals surface area contributed by atoms with E-state index < -0.39 is 95.2 Å². The van der Waals surface area contributed by atoms with Crippen LogP contribution in [0.25, 0.3) is 0 Å². The summed E-state index contributed by atoms with van der Waals surface area (Å²) < 4.78 is 48.5. The van der Waals surface area contributed by atoms with Crippen LogP contribution in [0.1, 0.15) is 202 Å². The summed E-state index contributed by atoms with van der Waals surface area (Å²) in [5.74, 6) is -0.143. The zero-order valence-corrected chi connectivity index (χ0v) is 58.6. The molecule has 2 aliphatic heterocycles. The highest BCUT2D eigenvalue weighted by Gasteiger charge is 2.39. The number of nitriles is 2. The summed E-state index contributed by atoms with van der Waals surface area (Å²) in [6.07, 6.45) is 1.40. The normalized spacial score (nSPS) is 18.7. The minimum absolute atomic E-state index is 0.0774. The number of imide groups is 1. The van der Waals surface area contributed by atoms with Gasteiger partial charge in [0.1, 0.15) is 41.7 Å². The Kier molecular flexibility index (Phi) is 41.3. The van der Waals surface area contributed by atoms with Gasteiger partial charge in [-0.15, -0.1) is 0 Å². The first kappa shape index (κ1) is 84.6. The molecule has 7 atom stereocenters. The molecule has 89 heavy (non-hydrogen) atoms. The number of amides is 2. The quantitative estimate of drug-likeness (QED) is 0.0377. The molecule has 7 N–H and O–H groups in total. The van der Waals surface area contributed by atoms with E-state index in [1.807, 2.05) is 0 Å². The number of aliphatic hydroxyl groups excluding tert-OH is 5. The van der Waals surface area contributed by atoms with Gasteiger partial charge in [-0.25, -0.2) is 33.2 Å². The van der Waals surface area contributed by atoms with E-state index in [1.165, 1.54) is 29.1 Å². The Bertz CT molecular complexity index is 2430. The molecule has 0 spiro atoms. The maximum absolute atomic E-state index is 12.6. The van der Waals surface area contributed by atoms with Gasteiger partial charge in [0.05, 0.1) is 70.2 Å². The number of nitrogen functional groups attached to an aromatic ring is 1. The van der Waals surface area contributed by atoms with Gasteiger partial charge in [-0.05, 0) is 150 Å². The minimum atomic E-state index is -1.05. The van der Waals surface area contributed by atoms with Crippen LogP contribution < -0.4 is 22.0 Å².